The molecule has 1 N–H and O–H groups in total. The minimum absolute atomic E-state index is 0.0564. The first-order chi connectivity index (χ1) is 12.1. The van der Waals surface area contributed by atoms with Crippen LogP contribution in [0.5, 0.6) is 0 Å². The van der Waals surface area contributed by atoms with Crippen LogP contribution in [-0.2, 0) is 11.3 Å². The average molecular weight is 341 g/mol. The van der Waals surface area contributed by atoms with E-state index in [1.165, 1.54) is 0 Å². The van der Waals surface area contributed by atoms with E-state index in [4.69, 9.17) is 0 Å². The number of amides is 1. The first-order valence-electron chi connectivity index (χ1n) is 8.81. The second-order valence-electron chi connectivity index (χ2n) is 6.04. The van der Waals surface area contributed by atoms with E-state index in [1.807, 2.05) is 31.2 Å². The van der Waals surface area contributed by atoms with Gasteiger partial charge < -0.3 is 14.8 Å². The highest BCUT2D eigenvalue weighted by Gasteiger charge is 2.16. The summed E-state index contributed by atoms with van der Waals surface area (Å²) in [5.74, 6) is -0.138. The fraction of sp³-hybridized carbons (Fsp3) is 0.400. The smallest absolute Gasteiger partial charge is 0.239 e. The molecule has 1 aromatic heterocycles. The number of ketones is 1. The van der Waals surface area contributed by atoms with Gasteiger partial charge in [-0.1, -0.05) is 38.1 Å². The van der Waals surface area contributed by atoms with Crippen LogP contribution in [0.4, 0.5) is 0 Å². The summed E-state index contributed by atoms with van der Waals surface area (Å²) in [6, 6.07) is 11.1. The molecule has 1 amide bonds. The maximum atomic E-state index is 12.8. The SMILES string of the molecule is CCN(CC)CCNC(=O)Cn1cccc1C(=O)c1ccccc1C. The molecule has 0 unspecified atom stereocenters. The Morgan fingerprint density at radius 2 is 1.80 bits per heavy atom. The Labute approximate surface area is 149 Å². The molecule has 1 heterocycles. The quantitative estimate of drug-likeness (QED) is 0.713. The Morgan fingerprint density at radius 3 is 2.48 bits per heavy atom. The Bertz CT molecular complexity index is 717. The average Bonchev–Trinajstić information content (AvgIpc) is 3.06. The van der Waals surface area contributed by atoms with Gasteiger partial charge in [0.15, 0.2) is 0 Å². The van der Waals surface area contributed by atoms with E-state index in [9.17, 15) is 9.59 Å². The van der Waals surface area contributed by atoms with E-state index < -0.39 is 0 Å². The van der Waals surface area contributed by atoms with Crippen molar-refractivity contribution < 1.29 is 9.59 Å². The number of carbonyl (C=O) groups is 2. The number of aromatic nitrogens is 1. The first-order valence-corrected chi connectivity index (χ1v) is 8.81. The van der Waals surface area contributed by atoms with Crippen molar-refractivity contribution in [1.29, 1.82) is 0 Å². The number of carbonyl (C=O) groups excluding carboxylic acids is 2. The number of hydrogen-bond donors (Lipinski definition) is 1. The van der Waals surface area contributed by atoms with Crippen molar-refractivity contribution >= 4 is 11.7 Å². The van der Waals surface area contributed by atoms with Gasteiger partial charge in [0.25, 0.3) is 0 Å². The van der Waals surface area contributed by atoms with Crippen LogP contribution in [0.3, 0.4) is 0 Å². The van der Waals surface area contributed by atoms with Gasteiger partial charge in [-0.05, 0) is 37.7 Å². The lowest BCUT2D eigenvalue weighted by Gasteiger charge is -2.18. The molecule has 0 aliphatic heterocycles. The summed E-state index contributed by atoms with van der Waals surface area (Å²) < 4.78 is 1.71. The topological polar surface area (TPSA) is 54.3 Å². The Kier molecular flexibility index (Phi) is 6.95. The van der Waals surface area contributed by atoms with Gasteiger partial charge in [-0.15, -0.1) is 0 Å². The van der Waals surface area contributed by atoms with Gasteiger partial charge >= 0.3 is 0 Å². The van der Waals surface area contributed by atoms with Crippen LogP contribution in [0, 0.1) is 6.92 Å². The van der Waals surface area contributed by atoms with E-state index in [2.05, 4.69) is 24.1 Å². The van der Waals surface area contributed by atoms with Crippen molar-refractivity contribution in [3.8, 4) is 0 Å². The zero-order chi connectivity index (χ0) is 18.2. The summed E-state index contributed by atoms with van der Waals surface area (Å²) in [7, 11) is 0. The van der Waals surface area contributed by atoms with Crippen molar-refractivity contribution in [3.05, 3.63) is 59.4 Å². The number of aryl methyl sites for hydroxylation is 1. The Hall–Kier alpha value is -2.40. The number of likely N-dealkylation sites (N-methyl/N-ethyl adjacent to an activating group) is 1. The third-order valence-corrected chi connectivity index (χ3v) is 4.41. The highest BCUT2D eigenvalue weighted by Crippen LogP contribution is 2.14. The Balaban J connectivity index is 1.98. The zero-order valence-electron chi connectivity index (χ0n) is 15.3. The van der Waals surface area contributed by atoms with E-state index in [-0.39, 0.29) is 18.2 Å². The van der Waals surface area contributed by atoms with Gasteiger partial charge in [0.05, 0.1) is 5.69 Å². The summed E-state index contributed by atoms with van der Waals surface area (Å²) in [6.07, 6.45) is 1.77. The van der Waals surface area contributed by atoms with E-state index in [0.29, 0.717) is 17.8 Å². The number of nitrogens with one attached hydrogen (secondary N) is 1. The highest BCUT2D eigenvalue weighted by molar-refractivity contribution is 6.09. The molecule has 2 aromatic rings. The lowest BCUT2D eigenvalue weighted by molar-refractivity contribution is -0.121. The molecule has 0 bridgehead atoms. The lowest BCUT2D eigenvalue weighted by Crippen LogP contribution is -2.36. The van der Waals surface area contributed by atoms with Gasteiger partial charge in [-0.25, -0.2) is 0 Å². The zero-order valence-corrected chi connectivity index (χ0v) is 15.3. The molecule has 0 saturated heterocycles. The van der Waals surface area contributed by atoms with E-state index in [1.54, 1.807) is 22.9 Å². The molecule has 2 rings (SSSR count). The fourth-order valence-electron chi connectivity index (χ4n) is 2.83. The number of nitrogens with zero attached hydrogens (tertiary/aromatic N) is 2. The van der Waals surface area contributed by atoms with Gasteiger partial charge in [0, 0.05) is 24.8 Å². The van der Waals surface area contributed by atoms with Crippen molar-refractivity contribution in [3.63, 3.8) is 0 Å². The van der Waals surface area contributed by atoms with Crippen LogP contribution in [0.1, 0.15) is 35.5 Å². The third kappa shape index (κ3) is 5.03. The normalized spacial score (nSPS) is 10.9. The summed E-state index contributed by atoms with van der Waals surface area (Å²) in [4.78, 5) is 27.2. The molecule has 0 aliphatic rings. The van der Waals surface area contributed by atoms with E-state index in [0.717, 1.165) is 25.2 Å². The lowest BCUT2D eigenvalue weighted by atomic mass is 10.0. The van der Waals surface area contributed by atoms with Crippen LogP contribution < -0.4 is 5.32 Å². The minimum atomic E-state index is -0.0813. The summed E-state index contributed by atoms with van der Waals surface area (Å²) >= 11 is 0. The maximum Gasteiger partial charge on any atom is 0.239 e. The number of rotatable bonds is 9. The van der Waals surface area contributed by atoms with Crippen LogP contribution >= 0.6 is 0 Å². The van der Waals surface area contributed by atoms with Crippen molar-refractivity contribution in [2.24, 2.45) is 0 Å². The van der Waals surface area contributed by atoms with Gasteiger partial charge in [-0.3, -0.25) is 9.59 Å². The Morgan fingerprint density at radius 1 is 1.08 bits per heavy atom. The maximum absolute atomic E-state index is 12.8. The van der Waals surface area contributed by atoms with Crippen LogP contribution in [-0.4, -0.2) is 47.3 Å². The molecule has 25 heavy (non-hydrogen) atoms. The predicted molar refractivity (Wildman–Crippen MR) is 99.8 cm³/mol. The first kappa shape index (κ1) is 18.9. The summed E-state index contributed by atoms with van der Waals surface area (Å²) in [6.45, 7) is 9.67. The van der Waals surface area contributed by atoms with Crippen molar-refractivity contribution in [2.75, 3.05) is 26.2 Å². The predicted octanol–water partition coefficient (Wildman–Crippen LogP) is 2.49. The number of hydrogen-bond acceptors (Lipinski definition) is 3. The molecular formula is C20H27N3O2. The second kappa shape index (κ2) is 9.18. The molecule has 5 nitrogen and oxygen atoms in total. The molecule has 0 radical (unpaired) electrons. The molecule has 134 valence electrons. The third-order valence-electron chi connectivity index (χ3n) is 4.41. The van der Waals surface area contributed by atoms with Gasteiger partial charge in [0.1, 0.15) is 6.54 Å². The molecule has 0 fully saturated rings. The molecule has 5 heteroatoms. The highest BCUT2D eigenvalue weighted by atomic mass is 16.2. The van der Waals surface area contributed by atoms with Gasteiger partial charge in [0.2, 0.25) is 11.7 Å². The summed E-state index contributed by atoms with van der Waals surface area (Å²) in [5, 5.41) is 2.92. The summed E-state index contributed by atoms with van der Waals surface area (Å²) in [5.41, 5.74) is 2.14. The van der Waals surface area contributed by atoms with E-state index >= 15 is 0 Å². The molecule has 0 atom stereocenters. The van der Waals surface area contributed by atoms with Gasteiger partial charge in [-0.2, -0.15) is 0 Å². The molecule has 0 aliphatic carbocycles. The minimum Gasteiger partial charge on any atom is -0.353 e. The van der Waals surface area contributed by atoms with Crippen LogP contribution in [0.2, 0.25) is 0 Å². The monoisotopic (exact) mass is 341 g/mol. The molecule has 0 saturated carbocycles. The second-order valence-corrected chi connectivity index (χ2v) is 6.04. The molecule has 0 spiro atoms. The number of benzene rings is 1. The fourth-order valence-corrected chi connectivity index (χ4v) is 2.83. The molecule has 1 aromatic carbocycles. The van der Waals surface area contributed by atoms with Crippen molar-refractivity contribution in [1.82, 2.24) is 14.8 Å². The largest absolute Gasteiger partial charge is 0.353 e. The van der Waals surface area contributed by atoms with Crippen LogP contribution in [0.15, 0.2) is 42.6 Å². The standard InChI is InChI=1S/C20H27N3O2/c1-4-22(5-2)14-12-21-19(24)15-23-13-8-11-18(23)20(25)17-10-7-6-9-16(17)3/h6-11,13H,4-5,12,14-15H2,1-3H3,(H,21,24). The van der Waals surface area contributed by atoms with Crippen LogP contribution in [0.25, 0.3) is 0 Å². The van der Waals surface area contributed by atoms with Crippen molar-refractivity contribution in [2.45, 2.75) is 27.3 Å². The molecular weight excluding hydrogens is 314 g/mol.